The van der Waals surface area contributed by atoms with E-state index in [0.29, 0.717) is 0 Å². The van der Waals surface area contributed by atoms with E-state index in [-0.39, 0.29) is 0 Å². The third-order valence-electron chi connectivity index (χ3n) is 18.7. The van der Waals surface area contributed by atoms with Gasteiger partial charge in [0.25, 0.3) is 0 Å². The number of para-hydroxylation sites is 2. The predicted molar refractivity (Wildman–Crippen MR) is 387 cm³/mol. The molecule has 1 aromatic heterocycles. The Kier molecular flexibility index (Phi) is 12.2. The number of furan rings is 1. The maximum atomic E-state index is 6.69. The van der Waals surface area contributed by atoms with E-state index < -0.39 is 0 Å². The van der Waals surface area contributed by atoms with E-state index in [2.05, 4.69) is 350 Å². The molecule has 0 amide bonds. The van der Waals surface area contributed by atoms with Crippen LogP contribution in [0.15, 0.2) is 344 Å². The number of hydrogen-bond acceptors (Lipinski definition) is 3. The molecule has 3 heteroatoms. The zero-order chi connectivity index (χ0) is 59.9. The predicted octanol–water partition coefficient (Wildman–Crippen LogP) is 25.3. The van der Waals surface area contributed by atoms with Gasteiger partial charge in [0.05, 0.1) is 11.4 Å². The first-order chi connectivity index (χ1) is 45.1. The van der Waals surface area contributed by atoms with E-state index in [1.54, 1.807) is 0 Å². The molecule has 3 nitrogen and oxygen atoms in total. The zero-order valence-electron chi connectivity index (χ0n) is 49.6. The highest BCUT2D eigenvalue weighted by Gasteiger charge is 2.24. The standard InChI is InChI=1S/C88H56N2O/c1-2-17-57(18-3-1)61-41-49-76-67(51-61)35-36-68-54-72(47-50-77(68)76)89(69-43-37-58(38-44-69)62-42-48-75-66(52-62)34-33-59-19-4-7-24-73(59)75)71-23-16-22-63(53-71)78-26-12-14-31-84(78)90(85-56-65-21-5-8-25-74(65)80-28-10-11-29-81(80)85)70-45-39-60(40-46-70)83-55-64-20-6-9-27-79(64)88-87(83)82-30-13-15-32-86(82)91-88/h1-56H. The lowest BCUT2D eigenvalue weighted by Crippen LogP contribution is -2.12. The number of nitrogens with zero attached hydrogens (tertiary/aromatic N) is 2. The Labute approximate surface area is 526 Å². The van der Waals surface area contributed by atoms with E-state index in [1.807, 2.05) is 0 Å². The molecule has 0 saturated carbocycles. The molecule has 0 fully saturated rings. The summed E-state index contributed by atoms with van der Waals surface area (Å²) < 4.78 is 6.69. The summed E-state index contributed by atoms with van der Waals surface area (Å²) in [6, 6.07) is 125. The van der Waals surface area contributed by atoms with Crippen molar-refractivity contribution in [3.63, 3.8) is 0 Å². The molecule has 0 aliphatic heterocycles. The Balaban J connectivity index is 0.789. The van der Waals surface area contributed by atoms with Crippen molar-refractivity contribution in [3.8, 4) is 44.5 Å². The Morgan fingerprint density at radius 2 is 0.659 bits per heavy atom. The molecule has 18 rings (SSSR count). The van der Waals surface area contributed by atoms with E-state index >= 15 is 0 Å². The van der Waals surface area contributed by atoms with Crippen LogP contribution in [-0.2, 0) is 0 Å². The molecular formula is C88H56N2O. The van der Waals surface area contributed by atoms with Crippen LogP contribution in [-0.4, -0.2) is 0 Å². The third-order valence-corrected chi connectivity index (χ3v) is 18.7. The smallest absolute Gasteiger partial charge is 0.143 e. The van der Waals surface area contributed by atoms with Gasteiger partial charge >= 0.3 is 0 Å². The molecule has 0 unspecified atom stereocenters. The maximum Gasteiger partial charge on any atom is 0.143 e. The van der Waals surface area contributed by atoms with Crippen molar-refractivity contribution >= 4 is 131 Å². The highest BCUT2D eigenvalue weighted by molar-refractivity contribution is 6.22. The van der Waals surface area contributed by atoms with Gasteiger partial charge in [-0.2, -0.15) is 0 Å². The van der Waals surface area contributed by atoms with Crippen LogP contribution < -0.4 is 9.80 Å². The molecule has 0 aliphatic rings. The first-order valence-electron chi connectivity index (χ1n) is 31.3. The number of fused-ring (bicyclic) bond motifs is 14. The van der Waals surface area contributed by atoms with Crippen molar-refractivity contribution in [3.05, 3.63) is 340 Å². The third kappa shape index (κ3) is 8.89. The first kappa shape index (κ1) is 52.1. The minimum absolute atomic E-state index is 0.887. The highest BCUT2D eigenvalue weighted by atomic mass is 16.3. The normalized spacial score (nSPS) is 11.7. The molecular weight excluding hydrogens is 1100 g/mol. The fraction of sp³-hybridized carbons (Fsp3) is 0. The maximum absolute atomic E-state index is 6.69. The van der Waals surface area contributed by atoms with Gasteiger partial charge in [0, 0.05) is 49.9 Å². The van der Waals surface area contributed by atoms with Crippen LogP contribution >= 0.6 is 0 Å². The Morgan fingerprint density at radius 1 is 0.198 bits per heavy atom. The van der Waals surface area contributed by atoms with Crippen molar-refractivity contribution in [2.45, 2.75) is 0 Å². The molecule has 0 aliphatic carbocycles. The van der Waals surface area contributed by atoms with Crippen molar-refractivity contribution < 1.29 is 4.42 Å². The van der Waals surface area contributed by atoms with E-state index in [1.165, 1.54) is 81.3 Å². The molecule has 0 spiro atoms. The van der Waals surface area contributed by atoms with Crippen LogP contribution in [0.25, 0.3) is 142 Å². The van der Waals surface area contributed by atoms with E-state index in [0.717, 1.165) is 94.7 Å². The lowest BCUT2D eigenvalue weighted by atomic mass is 9.94. The van der Waals surface area contributed by atoms with Gasteiger partial charge in [-0.05, 0) is 189 Å². The quantitative estimate of drug-likeness (QED) is 0.127. The lowest BCUT2D eigenvalue weighted by molar-refractivity contribution is 0.673. The summed E-state index contributed by atoms with van der Waals surface area (Å²) in [7, 11) is 0. The molecule has 18 aromatic rings. The molecule has 0 saturated heterocycles. The van der Waals surface area contributed by atoms with Gasteiger partial charge in [0.2, 0.25) is 0 Å². The molecule has 0 atom stereocenters. The van der Waals surface area contributed by atoms with Crippen LogP contribution in [0.2, 0.25) is 0 Å². The molecule has 0 radical (unpaired) electrons. The minimum Gasteiger partial charge on any atom is -0.455 e. The number of anilines is 6. The lowest BCUT2D eigenvalue weighted by Gasteiger charge is -2.30. The van der Waals surface area contributed by atoms with E-state index in [4.69, 9.17) is 4.42 Å². The van der Waals surface area contributed by atoms with Gasteiger partial charge in [-0.1, -0.05) is 255 Å². The minimum atomic E-state index is 0.887. The summed E-state index contributed by atoms with van der Waals surface area (Å²) >= 11 is 0. The second-order valence-electron chi connectivity index (χ2n) is 23.9. The Hall–Kier alpha value is -12.0. The first-order valence-corrected chi connectivity index (χ1v) is 31.3. The Morgan fingerprint density at radius 3 is 1.38 bits per heavy atom. The van der Waals surface area contributed by atoms with Crippen molar-refractivity contribution in [1.82, 2.24) is 0 Å². The average molecular weight is 1160 g/mol. The van der Waals surface area contributed by atoms with Crippen molar-refractivity contribution in [2.75, 3.05) is 9.80 Å². The van der Waals surface area contributed by atoms with Crippen LogP contribution in [0, 0.1) is 0 Å². The van der Waals surface area contributed by atoms with Gasteiger partial charge in [0.1, 0.15) is 11.2 Å². The number of hydrogen-bond donors (Lipinski definition) is 0. The van der Waals surface area contributed by atoms with Crippen molar-refractivity contribution in [1.29, 1.82) is 0 Å². The van der Waals surface area contributed by atoms with E-state index in [9.17, 15) is 0 Å². The monoisotopic (exact) mass is 1160 g/mol. The highest BCUT2D eigenvalue weighted by Crippen LogP contribution is 2.49. The number of benzene rings is 17. The summed E-state index contributed by atoms with van der Waals surface area (Å²) in [6.07, 6.45) is 0. The summed E-state index contributed by atoms with van der Waals surface area (Å²) in [6.45, 7) is 0. The second-order valence-corrected chi connectivity index (χ2v) is 23.9. The topological polar surface area (TPSA) is 19.6 Å². The van der Waals surface area contributed by atoms with Gasteiger partial charge < -0.3 is 14.2 Å². The summed E-state index contributed by atoms with van der Waals surface area (Å²) in [5.74, 6) is 0. The number of rotatable bonds is 10. The van der Waals surface area contributed by atoms with Crippen LogP contribution in [0.1, 0.15) is 0 Å². The molecule has 91 heavy (non-hydrogen) atoms. The molecule has 0 N–H and O–H groups in total. The summed E-state index contributed by atoms with van der Waals surface area (Å²) in [5, 5.41) is 19.2. The fourth-order valence-electron chi connectivity index (χ4n) is 14.4. The summed E-state index contributed by atoms with van der Waals surface area (Å²) in [4.78, 5) is 4.90. The molecule has 424 valence electrons. The summed E-state index contributed by atoms with van der Waals surface area (Å²) in [5.41, 5.74) is 17.4. The molecule has 17 aromatic carbocycles. The molecule has 1 heterocycles. The van der Waals surface area contributed by atoms with Crippen LogP contribution in [0.5, 0.6) is 0 Å². The second kappa shape index (κ2) is 21.4. The van der Waals surface area contributed by atoms with Crippen LogP contribution in [0.4, 0.5) is 34.1 Å². The fourth-order valence-corrected chi connectivity index (χ4v) is 14.4. The van der Waals surface area contributed by atoms with Crippen molar-refractivity contribution in [2.24, 2.45) is 0 Å². The van der Waals surface area contributed by atoms with Crippen LogP contribution in [0.3, 0.4) is 0 Å². The SMILES string of the molecule is c1ccc(-c2ccc3c(ccc4cc(N(c5ccc(-c6ccc7c(ccc8ccccc87)c6)cc5)c5cccc(-c6ccccc6N(c6ccc(-c7cc8ccccc8c8oc9ccccc9c78)cc6)c6cc7ccccc7c7ccccc67)c5)ccc43)c2)cc1. The van der Waals surface area contributed by atoms with Gasteiger partial charge in [0.15, 0.2) is 0 Å². The molecule has 0 bridgehead atoms. The van der Waals surface area contributed by atoms with Gasteiger partial charge in [-0.15, -0.1) is 0 Å². The van der Waals surface area contributed by atoms with Gasteiger partial charge in [-0.25, -0.2) is 0 Å². The van der Waals surface area contributed by atoms with Gasteiger partial charge in [-0.3, -0.25) is 0 Å². The largest absolute Gasteiger partial charge is 0.455 e. The average Bonchev–Trinajstić information content (AvgIpc) is 1.76. The Bertz CT molecular complexity index is 5900. The zero-order valence-corrected chi connectivity index (χ0v) is 49.6.